The molecule has 2 aliphatic carbocycles. The molecule has 10 aromatic rings. The van der Waals surface area contributed by atoms with E-state index in [1.54, 1.807) is 0 Å². The smallest absolute Gasteiger partial charge is 0.0535 e. The van der Waals surface area contributed by atoms with E-state index in [0.717, 1.165) is 5.69 Å². The molecule has 0 amide bonds. The van der Waals surface area contributed by atoms with Gasteiger partial charge in [0.05, 0.1) is 11.4 Å². The van der Waals surface area contributed by atoms with Gasteiger partial charge in [0.25, 0.3) is 0 Å². The molecule has 0 unspecified atom stereocenters. The van der Waals surface area contributed by atoms with E-state index in [1.807, 2.05) is 0 Å². The lowest BCUT2D eigenvalue weighted by atomic mass is 9.80. The van der Waals surface area contributed by atoms with E-state index in [9.17, 15) is 0 Å². The van der Waals surface area contributed by atoms with Crippen molar-refractivity contribution < 1.29 is 0 Å². The van der Waals surface area contributed by atoms with Crippen molar-refractivity contribution in [2.24, 2.45) is 0 Å². The molecule has 61 heavy (non-hydrogen) atoms. The molecule has 0 atom stereocenters. The van der Waals surface area contributed by atoms with Gasteiger partial charge in [-0.25, -0.2) is 0 Å². The van der Waals surface area contributed by atoms with Gasteiger partial charge in [0.2, 0.25) is 0 Å². The average Bonchev–Trinajstić information content (AvgIpc) is 3.92. The lowest BCUT2D eigenvalue weighted by Crippen LogP contribution is -2.15. The third kappa shape index (κ3) is 5.33. The molecule has 1 heterocycles. The Morgan fingerprint density at radius 1 is 0.295 bits per heavy atom. The van der Waals surface area contributed by atoms with Crippen molar-refractivity contribution in [3.63, 3.8) is 0 Å². The molecule has 0 N–H and O–H groups in total. The Labute approximate surface area is 358 Å². The molecular formula is C60H45N. The second-order valence-corrected chi connectivity index (χ2v) is 18.1. The molecule has 1 aromatic heterocycles. The molecule has 0 bridgehead atoms. The van der Waals surface area contributed by atoms with Gasteiger partial charge in [-0.05, 0) is 148 Å². The van der Waals surface area contributed by atoms with Gasteiger partial charge in [0.15, 0.2) is 0 Å². The second kappa shape index (κ2) is 13.1. The number of hydrogen-bond acceptors (Lipinski definition) is 0. The molecule has 0 saturated carbocycles. The van der Waals surface area contributed by atoms with Crippen molar-refractivity contribution in [2.45, 2.75) is 38.5 Å². The Morgan fingerprint density at radius 2 is 0.721 bits per heavy atom. The Morgan fingerprint density at radius 3 is 1.23 bits per heavy atom. The monoisotopic (exact) mass is 779 g/mol. The molecule has 0 spiro atoms. The summed E-state index contributed by atoms with van der Waals surface area (Å²) in [4.78, 5) is 0. The minimum atomic E-state index is -0.0856. The van der Waals surface area contributed by atoms with Crippen molar-refractivity contribution in [2.75, 3.05) is 0 Å². The number of hydrogen-bond donors (Lipinski definition) is 0. The molecule has 1 heteroatoms. The van der Waals surface area contributed by atoms with Crippen molar-refractivity contribution in [3.8, 4) is 72.7 Å². The summed E-state index contributed by atoms with van der Waals surface area (Å²) < 4.78 is 2.43. The summed E-state index contributed by atoms with van der Waals surface area (Å²) in [7, 11) is 0. The molecule has 12 rings (SSSR count). The first kappa shape index (κ1) is 35.7. The fraction of sp³-hybridized carbons (Fsp3) is 0.100. The maximum Gasteiger partial charge on any atom is 0.0535 e. The van der Waals surface area contributed by atoms with Crippen LogP contribution < -0.4 is 0 Å². The fourth-order valence-corrected chi connectivity index (χ4v) is 10.8. The van der Waals surface area contributed by atoms with E-state index in [4.69, 9.17) is 0 Å². The maximum absolute atomic E-state index is 2.47. The Kier molecular flexibility index (Phi) is 7.69. The van der Waals surface area contributed by atoms with E-state index >= 15 is 0 Å². The van der Waals surface area contributed by atoms with Crippen LogP contribution in [0, 0.1) is 0 Å². The molecular weight excluding hydrogens is 735 g/mol. The quantitative estimate of drug-likeness (QED) is 0.153. The van der Waals surface area contributed by atoms with Gasteiger partial charge in [-0.3, -0.25) is 0 Å². The third-order valence-electron chi connectivity index (χ3n) is 14.0. The van der Waals surface area contributed by atoms with Gasteiger partial charge in [0.1, 0.15) is 0 Å². The number of rotatable bonds is 5. The SMILES string of the molecule is CC1(C)c2ccccc2-c2ccc(-c3ccc(-c4ccc5c(c4)C(C)(C)c4ccccc4-5)c4cc5cc(-n6c(-c7ccccc7)ccc6-c6ccccc6)ccc5cc34)cc21. The standard InChI is InChI=1S/C60H45N/c1-59(2)53-21-13-11-19-47(53)49-27-24-41(36-55(49)59)45-29-30-46(42-25-28-50-48-20-12-14-22-54(48)60(3,4)56(50)37-42)52-35-43-33-44(26-23-40(43)34-51(45)52)61-57(38-15-7-5-8-16-38)31-32-58(61)39-17-9-6-10-18-39/h5-37H,1-4H3. The van der Waals surface area contributed by atoms with Gasteiger partial charge in [-0.1, -0.05) is 179 Å². The largest absolute Gasteiger partial charge is 0.309 e. The summed E-state index contributed by atoms with van der Waals surface area (Å²) >= 11 is 0. The zero-order chi connectivity index (χ0) is 41.0. The summed E-state index contributed by atoms with van der Waals surface area (Å²) in [6.45, 7) is 9.50. The van der Waals surface area contributed by atoms with Gasteiger partial charge in [0, 0.05) is 16.5 Å². The van der Waals surface area contributed by atoms with Crippen molar-refractivity contribution in [1.82, 2.24) is 4.57 Å². The van der Waals surface area contributed by atoms with Gasteiger partial charge < -0.3 is 4.57 Å². The predicted molar refractivity (Wildman–Crippen MR) is 258 cm³/mol. The van der Waals surface area contributed by atoms with Crippen LogP contribution >= 0.6 is 0 Å². The van der Waals surface area contributed by atoms with E-state index in [2.05, 4.69) is 232 Å². The van der Waals surface area contributed by atoms with Crippen LogP contribution in [0.2, 0.25) is 0 Å². The number of aromatic nitrogens is 1. The van der Waals surface area contributed by atoms with E-state index < -0.39 is 0 Å². The first-order valence-electron chi connectivity index (χ1n) is 21.6. The van der Waals surface area contributed by atoms with E-state index in [1.165, 1.54) is 111 Å². The molecule has 2 aliphatic rings. The second-order valence-electron chi connectivity index (χ2n) is 18.1. The minimum Gasteiger partial charge on any atom is -0.309 e. The van der Waals surface area contributed by atoms with Crippen molar-refractivity contribution in [3.05, 3.63) is 222 Å². The van der Waals surface area contributed by atoms with Gasteiger partial charge >= 0.3 is 0 Å². The highest BCUT2D eigenvalue weighted by molar-refractivity contribution is 6.11. The topological polar surface area (TPSA) is 4.93 Å². The zero-order valence-electron chi connectivity index (χ0n) is 35.0. The van der Waals surface area contributed by atoms with Crippen LogP contribution in [0.1, 0.15) is 49.9 Å². The third-order valence-corrected chi connectivity index (χ3v) is 14.0. The Hall–Kier alpha value is -7.22. The van der Waals surface area contributed by atoms with Crippen LogP contribution in [0.4, 0.5) is 0 Å². The summed E-state index contributed by atoms with van der Waals surface area (Å²) in [6, 6.07) is 74.9. The number of nitrogens with zero attached hydrogens (tertiary/aromatic N) is 1. The molecule has 0 saturated heterocycles. The first-order valence-corrected chi connectivity index (χ1v) is 21.6. The minimum absolute atomic E-state index is 0.0781. The van der Waals surface area contributed by atoms with Crippen molar-refractivity contribution in [1.29, 1.82) is 0 Å². The van der Waals surface area contributed by atoms with Crippen LogP contribution in [-0.2, 0) is 10.8 Å². The van der Waals surface area contributed by atoms with Crippen LogP contribution in [0.3, 0.4) is 0 Å². The van der Waals surface area contributed by atoms with E-state index in [0.29, 0.717) is 0 Å². The molecule has 0 fully saturated rings. The predicted octanol–water partition coefficient (Wildman–Crippen LogP) is 16.1. The average molecular weight is 780 g/mol. The summed E-state index contributed by atoms with van der Waals surface area (Å²) in [6.07, 6.45) is 0. The molecule has 0 aliphatic heterocycles. The Bertz CT molecular complexity index is 3340. The highest BCUT2D eigenvalue weighted by atomic mass is 15.0. The van der Waals surface area contributed by atoms with Crippen molar-refractivity contribution >= 4 is 21.5 Å². The lowest BCUT2D eigenvalue weighted by molar-refractivity contribution is 0.660. The number of benzene rings is 9. The summed E-state index contributed by atoms with van der Waals surface area (Å²) in [5, 5.41) is 4.97. The van der Waals surface area contributed by atoms with Crippen LogP contribution in [0.15, 0.2) is 200 Å². The van der Waals surface area contributed by atoms with E-state index in [-0.39, 0.29) is 10.8 Å². The first-order chi connectivity index (χ1) is 29.8. The number of fused-ring (bicyclic) bond motifs is 8. The van der Waals surface area contributed by atoms with Crippen LogP contribution in [0.25, 0.3) is 94.3 Å². The van der Waals surface area contributed by atoms with Crippen LogP contribution in [0.5, 0.6) is 0 Å². The molecule has 0 radical (unpaired) electrons. The summed E-state index contributed by atoms with van der Waals surface area (Å²) in [5.41, 5.74) is 21.7. The highest BCUT2D eigenvalue weighted by Crippen LogP contribution is 2.52. The van der Waals surface area contributed by atoms with Crippen LogP contribution in [-0.4, -0.2) is 4.57 Å². The molecule has 1 nitrogen and oxygen atoms in total. The highest BCUT2D eigenvalue weighted by Gasteiger charge is 2.36. The zero-order valence-corrected chi connectivity index (χ0v) is 35.0. The fourth-order valence-electron chi connectivity index (χ4n) is 10.8. The summed E-state index contributed by atoms with van der Waals surface area (Å²) in [5.74, 6) is 0. The molecule has 290 valence electrons. The van der Waals surface area contributed by atoms with Gasteiger partial charge in [-0.2, -0.15) is 0 Å². The van der Waals surface area contributed by atoms with Gasteiger partial charge in [-0.15, -0.1) is 0 Å². The Balaban J connectivity index is 1.08. The molecule has 9 aromatic carbocycles. The lowest BCUT2D eigenvalue weighted by Gasteiger charge is -2.23. The maximum atomic E-state index is 2.47. The normalized spacial score (nSPS) is 14.2.